The van der Waals surface area contributed by atoms with E-state index in [0.717, 1.165) is 42.8 Å². The molecule has 0 spiro atoms. The topological polar surface area (TPSA) is 55.7 Å². The van der Waals surface area contributed by atoms with Gasteiger partial charge in [-0.3, -0.25) is 4.79 Å². The lowest BCUT2D eigenvalue weighted by Gasteiger charge is -2.18. The molecular weight excluding hydrogens is 390 g/mol. The Bertz CT molecular complexity index is 1010. The number of hydrogen-bond acceptors (Lipinski definition) is 4. The summed E-state index contributed by atoms with van der Waals surface area (Å²) >= 11 is 0. The summed E-state index contributed by atoms with van der Waals surface area (Å²) in [4.78, 5) is 14.9. The Morgan fingerprint density at radius 1 is 1.06 bits per heavy atom. The van der Waals surface area contributed by atoms with Gasteiger partial charge in [-0.15, -0.1) is 0 Å². The maximum Gasteiger partial charge on any atom is 0.224 e. The zero-order valence-electron chi connectivity index (χ0n) is 19.0. The van der Waals surface area contributed by atoms with Crippen molar-refractivity contribution in [3.8, 4) is 11.5 Å². The third-order valence-electron chi connectivity index (χ3n) is 5.71. The Balaban J connectivity index is 1.61. The van der Waals surface area contributed by atoms with E-state index in [9.17, 15) is 4.79 Å². The molecule has 0 aliphatic heterocycles. The molecule has 1 N–H and O–H groups in total. The second-order valence-corrected chi connectivity index (χ2v) is 7.51. The number of methoxy groups -OCH3 is 2. The van der Waals surface area contributed by atoms with Crippen LogP contribution in [0.2, 0.25) is 0 Å². The largest absolute Gasteiger partial charge is 0.493 e. The van der Waals surface area contributed by atoms with Crippen LogP contribution in [0.1, 0.15) is 25.8 Å². The highest BCUT2D eigenvalue weighted by molar-refractivity contribution is 5.94. The summed E-state index contributed by atoms with van der Waals surface area (Å²) in [5, 5.41) is 4.15. The molecule has 0 atom stereocenters. The van der Waals surface area contributed by atoms with Crippen LogP contribution >= 0.6 is 0 Å². The van der Waals surface area contributed by atoms with Crippen molar-refractivity contribution in [3.05, 3.63) is 54.2 Å². The number of carbonyl (C=O) groups is 1. The van der Waals surface area contributed by atoms with Gasteiger partial charge in [0.1, 0.15) is 0 Å². The van der Waals surface area contributed by atoms with Crippen molar-refractivity contribution in [2.75, 3.05) is 39.2 Å². The van der Waals surface area contributed by atoms with Crippen molar-refractivity contribution < 1.29 is 14.3 Å². The predicted molar refractivity (Wildman–Crippen MR) is 126 cm³/mol. The average molecular weight is 424 g/mol. The van der Waals surface area contributed by atoms with Crippen molar-refractivity contribution in [2.24, 2.45) is 0 Å². The van der Waals surface area contributed by atoms with Crippen LogP contribution in [-0.2, 0) is 17.8 Å². The van der Waals surface area contributed by atoms with Gasteiger partial charge in [0.2, 0.25) is 5.91 Å². The van der Waals surface area contributed by atoms with Gasteiger partial charge in [-0.25, -0.2) is 0 Å². The lowest BCUT2D eigenvalue weighted by atomic mass is 10.1. The first-order valence-corrected chi connectivity index (χ1v) is 10.9. The number of ether oxygens (including phenoxy) is 2. The summed E-state index contributed by atoms with van der Waals surface area (Å²) in [5.41, 5.74) is 2.96. The lowest BCUT2D eigenvalue weighted by Crippen LogP contribution is -2.26. The van der Waals surface area contributed by atoms with E-state index in [4.69, 9.17) is 9.47 Å². The fraction of sp³-hybridized carbons (Fsp3) is 0.400. The SMILES string of the molecule is CCN(CC)CCn1ccc2cc(NC(=O)CCc3cccc(OC)c3OC)ccc21. The van der Waals surface area contributed by atoms with Gasteiger partial charge in [0, 0.05) is 42.3 Å². The first kappa shape index (κ1) is 22.7. The number of benzene rings is 2. The van der Waals surface area contributed by atoms with E-state index in [1.54, 1.807) is 14.2 Å². The molecule has 6 heteroatoms. The molecule has 0 saturated carbocycles. The highest BCUT2D eigenvalue weighted by Gasteiger charge is 2.12. The summed E-state index contributed by atoms with van der Waals surface area (Å²) < 4.78 is 13.1. The zero-order chi connectivity index (χ0) is 22.2. The normalized spacial score (nSPS) is 11.1. The second kappa shape index (κ2) is 10.9. The number of fused-ring (bicyclic) bond motifs is 1. The van der Waals surface area contributed by atoms with E-state index in [2.05, 4.69) is 47.0 Å². The monoisotopic (exact) mass is 423 g/mol. The molecule has 2 aromatic carbocycles. The van der Waals surface area contributed by atoms with Gasteiger partial charge in [-0.2, -0.15) is 0 Å². The fourth-order valence-corrected chi connectivity index (χ4v) is 3.88. The Kier molecular flexibility index (Phi) is 7.95. The minimum atomic E-state index is -0.0230. The number of aromatic nitrogens is 1. The Morgan fingerprint density at radius 2 is 1.87 bits per heavy atom. The molecule has 0 aliphatic carbocycles. The molecule has 6 nitrogen and oxygen atoms in total. The molecule has 3 aromatic rings. The minimum Gasteiger partial charge on any atom is -0.493 e. The molecule has 3 rings (SSSR count). The highest BCUT2D eigenvalue weighted by Crippen LogP contribution is 2.31. The van der Waals surface area contributed by atoms with Crippen LogP contribution in [0.5, 0.6) is 11.5 Å². The van der Waals surface area contributed by atoms with E-state index in [1.807, 2.05) is 30.3 Å². The molecule has 0 bridgehead atoms. The lowest BCUT2D eigenvalue weighted by molar-refractivity contribution is -0.116. The number of carbonyl (C=O) groups excluding carboxylic acids is 1. The molecule has 0 radical (unpaired) electrons. The van der Waals surface area contributed by atoms with E-state index >= 15 is 0 Å². The van der Waals surface area contributed by atoms with E-state index in [1.165, 1.54) is 5.52 Å². The van der Waals surface area contributed by atoms with Gasteiger partial charge in [0.25, 0.3) is 0 Å². The number of aryl methyl sites for hydroxylation is 1. The van der Waals surface area contributed by atoms with Gasteiger partial charge in [-0.05, 0) is 55.4 Å². The molecule has 1 amide bonds. The van der Waals surface area contributed by atoms with Crippen molar-refractivity contribution in [1.82, 2.24) is 9.47 Å². The van der Waals surface area contributed by atoms with Crippen LogP contribution in [0.25, 0.3) is 10.9 Å². The van der Waals surface area contributed by atoms with Crippen molar-refractivity contribution in [1.29, 1.82) is 0 Å². The van der Waals surface area contributed by atoms with Crippen molar-refractivity contribution >= 4 is 22.5 Å². The number of nitrogens with zero attached hydrogens (tertiary/aromatic N) is 2. The second-order valence-electron chi connectivity index (χ2n) is 7.51. The fourth-order valence-electron chi connectivity index (χ4n) is 3.88. The first-order valence-electron chi connectivity index (χ1n) is 10.9. The zero-order valence-corrected chi connectivity index (χ0v) is 19.0. The minimum absolute atomic E-state index is 0.0230. The summed E-state index contributed by atoms with van der Waals surface area (Å²) in [5.74, 6) is 1.34. The van der Waals surface area contributed by atoms with Crippen LogP contribution in [0.3, 0.4) is 0 Å². The quantitative estimate of drug-likeness (QED) is 0.491. The number of amides is 1. The predicted octanol–water partition coefficient (Wildman–Crippen LogP) is 4.57. The van der Waals surface area contributed by atoms with Gasteiger partial charge in [0.15, 0.2) is 11.5 Å². The molecule has 166 valence electrons. The van der Waals surface area contributed by atoms with Crippen LogP contribution in [0.15, 0.2) is 48.7 Å². The Hall–Kier alpha value is -2.99. The maximum atomic E-state index is 12.5. The summed E-state index contributed by atoms with van der Waals surface area (Å²) in [6, 6.07) is 13.9. The Labute approximate surface area is 184 Å². The molecular formula is C25H33N3O3. The van der Waals surface area contributed by atoms with Crippen LogP contribution in [0, 0.1) is 0 Å². The number of nitrogens with one attached hydrogen (secondary N) is 1. The first-order chi connectivity index (χ1) is 15.1. The van der Waals surface area contributed by atoms with Gasteiger partial charge in [-0.1, -0.05) is 26.0 Å². The number of anilines is 1. The van der Waals surface area contributed by atoms with Crippen molar-refractivity contribution in [2.45, 2.75) is 33.2 Å². The highest BCUT2D eigenvalue weighted by atomic mass is 16.5. The van der Waals surface area contributed by atoms with Crippen LogP contribution in [-0.4, -0.2) is 49.2 Å². The molecule has 0 fully saturated rings. The van der Waals surface area contributed by atoms with E-state index in [-0.39, 0.29) is 5.91 Å². The molecule has 0 aliphatic rings. The summed E-state index contributed by atoms with van der Waals surface area (Å²) in [6.07, 6.45) is 3.07. The smallest absolute Gasteiger partial charge is 0.224 e. The number of para-hydroxylation sites is 1. The molecule has 31 heavy (non-hydrogen) atoms. The molecule has 0 saturated heterocycles. The Morgan fingerprint density at radius 3 is 2.58 bits per heavy atom. The van der Waals surface area contributed by atoms with Crippen molar-refractivity contribution in [3.63, 3.8) is 0 Å². The van der Waals surface area contributed by atoms with E-state index < -0.39 is 0 Å². The third-order valence-corrected chi connectivity index (χ3v) is 5.71. The van der Waals surface area contributed by atoms with Gasteiger partial charge < -0.3 is 24.3 Å². The number of rotatable bonds is 11. The molecule has 1 heterocycles. The van der Waals surface area contributed by atoms with Crippen LogP contribution in [0.4, 0.5) is 5.69 Å². The summed E-state index contributed by atoms with van der Waals surface area (Å²) in [6.45, 7) is 8.50. The standard InChI is InChI=1S/C25H33N3O3/c1-5-27(6-2)16-17-28-15-14-20-18-21(11-12-22(20)28)26-24(29)13-10-19-8-7-9-23(30-3)25(19)31-4/h7-9,11-12,14-15,18H,5-6,10,13,16-17H2,1-4H3,(H,26,29). The van der Waals surface area contributed by atoms with Gasteiger partial charge in [0.05, 0.1) is 14.2 Å². The van der Waals surface area contributed by atoms with E-state index in [0.29, 0.717) is 24.3 Å². The number of hydrogen-bond donors (Lipinski definition) is 1. The number of likely N-dealkylation sites (N-methyl/N-ethyl adjacent to an activating group) is 1. The van der Waals surface area contributed by atoms with Crippen LogP contribution < -0.4 is 14.8 Å². The van der Waals surface area contributed by atoms with Gasteiger partial charge >= 0.3 is 0 Å². The average Bonchev–Trinajstić information content (AvgIpc) is 3.20. The summed E-state index contributed by atoms with van der Waals surface area (Å²) in [7, 11) is 3.23. The third kappa shape index (κ3) is 5.58. The molecule has 1 aromatic heterocycles. The maximum absolute atomic E-state index is 12.5. The molecule has 0 unspecified atom stereocenters.